The molecule has 0 aliphatic carbocycles. The lowest BCUT2D eigenvalue weighted by Crippen LogP contribution is -2.39. The van der Waals surface area contributed by atoms with E-state index >= 15 is 0 Å². The predicted octanol–water partition coefficient (Wildman–Crippen LogP) is 1.12. The van der Waals surface area contributed by atoms with E-state index in [4.69, 9.17) is 0 Å². The standard InChI is InChI=1S/C18H24N4O2/c1-12-4-5-14(13(2)10-12)8-9-19-17(23)15-6-7-16-20-21(3)18(24)22(16)11-15/h4-5,10,15H,6-9,11H2,1-3H3,(H,19,23). The van der Waals surface area contributed by atoms with Gasteiger partial charge in [-0.1, -0.05) is 23.8 Å². The molecule has 3 rings (SSSR count). The average Bonchev–Trinajstić information content (AvgIpc) is 2.83. The molecule has 1 aromatic carbocycles. The van der Waals surface area contributed by atoms with Gasteiger partial charge in [0.25, 0.3) is 0 Å². The SMILES string of the molecule is Cc1ccc(CCNC(=O)C2CCc3nn(C)c(=O)n3C2)c(C)c1. The van der Waals surface area contributed by atoms with Crippen LogP contribution in [0.25, 0.3) is 0 Å². The van der Waals surface area contributed by atoms with Gasteiger partial charge in [-0.05, 0) is 37.8 Å². The Bertz CT molecular complexity index is 819. The Labute approximate surface area is 141 Å². The lowest BCUT2D eigenvalue weighted by Gasteiger charge is -2.21. The van der Waals surface area contributed by atoms with Gasteiger partial charge in [-0.15, -0.1) is 0 Å². The number of aromatic nitrogens is 3. The summed E-state index contributed by atoms with van der Waals surface area (Å²) >= 11 is 0. The summed E-state index contributed by atoms with van der Waals surface area (Å²) in [6.45, 7) is 5.23. The van der Waals surface area contributed by atoms with Gasteiger partial charge in [-0.25, -0.2) is 9.48 Å². The van der Waals surface area contributed by atoms with Gasteiger partial charge < -0.3 is 5.32 Å². The van der Waals surface area contributed by atoms with Crippen molar-refractivity contribution in [3.8, 4) is 0 Å². The highest BCUT2D eigenvalue weighted by Crippen LogP contribution is 2.17. The molecular weight excluding hydrogens is 304 g/mol. The molecule has 1 N–H and O–H groups in total. The molecule has 1 aliphatic rings. The molecule has 0 saturated carbocycles. The Morgan fingerprint density at radius 1 is 1.38 bits per heavy atom. The topological polar surface area (TPSA) is 68.9 Å². The molecule has 1 unspecified atom stereocenters. The molecule has 1 amide bonds. The summed E-state index contributed by atoms with van der Waals surface area (Å²) in [6.07, 6.45) is 2.24. The summed E-state index contributed by atoms with van der Waals surface area (Å²) in [4.78, 5) is 24.4. The monoisotopic (exact) mass is 328 g/mol. The van der Waals surface area contributed by atoms with E-state index in [0.29, 0.717) is 19.5 Å². The van der Waals surface area contributed by atoms with Crippen molar-refractivity contribution in [3.05, 3.63) is 51.2 Å². The number of nitrogens with zero attached hydrogens (tertiary/aromatic N) is 3. The van der Waals surface area contributed by atoms with Crippen LogP contribution in [0, 0.1) is 19.8 Å². The zero-order chi connectivity index (χ0) is 17.3. The van der Waals surface area contributed by atoms with Crippen LogP contribution in [0.15, 0.2) is 23.0 Å². The number of aryl methyl sites for hydroxylation is 4. The van der Waals surface area contributed by atoms with E-state index < -0.39 is 0 Å². The third-order valence-electron chi connectivity index (χ3n) is 4.77. The Hall–Kier alpha value is -2.37. The molecule has 6 nitrogen and oxygen atoms in total. The highest BCUT2D eigenvalue weighted by molar-refractivity contribution is 5.78. The van der Waals surface area contributed by atoms with Crippen LogP contribution in [0.1, 0.15) is 28.9 Å². The van der Waals surface area contributed by atoms with Gasteiger partial charge in [0.05, 0.1) is 5.92 Å². The molecule has 1 atom stereocenters. The van der Waals surface area contributed by atoms with Crippen LogP contribution >= 0.6 is 0 Å². The van der Waals surface area contributed by atoms with Crippen LogP contribution < -0.4 is 11.0 Å². The Kier molecular flexibility index (Phi) is 4.55. The summed E-state index contributed by atoms with van der Waals surface area (Å²) in [6, 6.07) is 6.38. The molecule has 6 heteroatoms. The fraction of sp³-hybridized carbons (Fsp3) is 0.500. The molecule has 1 aromatic heterocycles. The minimum absolute atomic E-state index is 0.0289. The van der Waals surface area contributed by atoms with Gasteiger partial charge in [0, 0.05) is 26.6 Å². The summed E-state index contributed by atoms with van der Waals surface area (Å²) in [5, 5.41) is 7.22. The van der Waals surface area contributed by atoms with Crippen LogP contribution in [0.2, 0.25) is 0 Å². The number of carbonyl (C=O) groups is 1. The second-order valence-corrected chi connectivity index (χ2v) is 6.64. The normalized spacial score (nSPS) is 16.7. The van der Waals surface area contributed by atoms with Gasteiger partial charge in [-0.3, -0.25) is 9.36 Å². The number of hydrogen-bond acceptors (Lipinski definition) is 3. The summed E-state index contributed by atoms with van der Waals surface area (Å²) in [5.41, 5.74) is 3.63. The van der Waals surface area contributed by atoms with Crippen LogP contribution in [0.4, 0.5) is 0 Å². The van der Waals surface area contributed by atoms with Crippen molar-refractivity contribution >= 4 is 5.91 Å². The van der Waals surface area contributed by atoms with E-state index in [1.807, 2.05) is 0 Å². The quantitative estimate of drug-likeness (QED) is 0.914. The molecule has 0 radical (unpaired) electrons. The molecule has 0 fully saturated rings. The molecule has 1 aliphatic heterocycles. The zero-order valence-electron chi connectivity index (χ0n) is 14.5. The number of amides is 1. The third-order valence-corrected chi connectivity index (χ3v) is 4.77. The van der Waals surface area contributed by atoms with Crippen molar-refractivity contribution < 1.29 is 4.79 Å². The number of benzene rings is 1. The first-order chi connectivity index (χ1) is 11.5. The number of hydrogen-bond donors (Lipinski definition) is 1. The van der Waals surface area contributed by atoms with Crippen molar-refractivity contribution in [1.82, 2.24) is 19.7 Å². The van der Waals surface area contributed by atoms with Crippen molar-refractivity contribution in [3.63, 3.8) is 0 Å². The lowest BCUT2D eigenvalue weighted by atomic mass is 9.98. The fourth-order valence-corrected chi connectivity index (χ4v) is 3.34. The minimum atomic E-state index is -0.154. The number of carbonyl (C=O) groups excluding carboxylic acids is 1. The maximum Gasteiger partial charge on any atom is 0.345 e. The average molecular weight is 328 g/mol. The Balaban J connectivity index is 1.56. The second kappa shape index (κ2) is 6.63. The molecular formula is C18H24N4O2. The molecule has 2 heterocycles. The summed E-state index contributed by atoms with van der Waals surface area (Å²) < 4.78 is 2.97. The van der Waals surface area contributed by atoms with E-state index in [1.165, 1.54) is 21.4 Å². The molecule has 0 saturated heterocycles. The molecule has 128 valence electrons. The maximum atomic E-state index is 12.4. The number of rotatable bonds is 4. The predicted molar refractivity (Wildman–Crippen MR) is 91.9 cm³/mol. The molecule has 24 heavy (non-hydrogen) atoms. The fourth-order valence-electron chi connectivity index (χ4n) is 3.34. The van der Waals surface area contributed by atoms with Gasteiger partial charge in [0.2, 0.25) is 5.91 Å². The first kappa shape index (κ1) is 16.5. The van der Waals surface area contributed by atoms with Gasteiger partial charge in [0.15, 0.2) is 0 Å². The third kappa shape index (κ3) is 3.27. The highest BCUT2D eigenvalue weighted by Gasteiger charge is 2.27. The van der Waals surface area contributed by atoms with Gasteiger partial charge in [-0.2, -0.15) is 5.10 Å². The smallest absolute Gasteiger partial charge is 0.345 e. The number of nitrogens with one attached hydrogen (secondary N) is 1. The van der Waals surface area contributed by atoms with Crippen LogP contribution in [-0.2, 0) is 31.2 Å². The van der Waals surface area contributed by atoms with Crippen molar-refractivity contribution in [1.29, 1.82) is 0 Å². The van der Waals surface area contributed by atoms with Gasteiger partial charge in [0.1, 0.15) is 5.82 Å². The largest absolute Gasteiger partial charge is 0.355 e. The van der Waals surface area contributed by atoms with Crippen molar-refractivity contribution in [2.75, 3.05) is 6.54 Å². The molecule has 0 bridgehead atoms. The van der Waals surface area contributed by atoms with E-state index in [2.05, 4.69) is 42.5 Å². The first-order valence-electron chi connectivity index (χ1n) is 8.42. The summed E-state index contributed by atoms with van der Waals surface area (Å²) in [5.74, 6) is 0.654. The summed E-state index contributed by atoms with van der Waals surface area (Å²) in [7, 11) is 1.65. The second-order valence-electron chi connectivity index (χ2n) is 6.64. The van der Waals surface area contributed by atoms with Crippen molar-refractivity contribution in [2.24, 2.45) is 13.0 Å². The highest BCUT2D eigenvalue weighted by atomic mass is 16.2. The van der Waals surface area contributed by atoms with Crippen molar-refractivity contribution in [2.45, 2.75) is 39.7 Å². The maximum absolute atomic E-state index is 12.4. The minimum Gasteiger partial charge on any atom is -0.355 e. The Morgan fingerprint density at radius 2 is 2.17 bits per heavy atom. The lowest BCUT2D eigenvalue weighted by molar-refractivity contribution is -0.125. The van der Waals surface area contributed by atoms with Crippen LogP contribution in [0.3, 0.4) is 0 Å². The van der Waals surface area contributed by atoms with E-state index in [1.54, 1.807) is 11.6 Å². The van der Waals surface area contributed by atoms with E-state index in [-0.39, 0.29) is 17.5 Å². The first-order valence-corrected chi connectivity index (χ1v) is 8.42. The molecule has 0 spiro atoms. The zero-order valence-corrected chi connectivity index (χ0v) is 14.5. The van der Waals surface area contributed by atoms with E-state index in [0.717, 1.165) is 18.7 Å². The van der Waals surface area contributed by atoms with Crippen LogP contribution in [0.5, 0.6) is 0 Å². The van der Waals surface area contributed by atoms with E-state index in [9.17, 15) is 9.59 Å². The molecule has 2 aromatic rings. The Morgan fingerprint density at radius 3 is 2.92 bits per heavy atom. The van der Waals surface area contributed by atoms with Gasteiger partial charge >= 0.3 is 5.69 Å². The number of fused-ring (bicyclic) bond motifs is 1. The van der Waals surface area contributed by atoms with Crippen LogP contribution in [-0.4, -0.2) is 26.8 Å².